The van der Waals surface area contributed by atoms with E-state index in [4.69, 9.17) is 4.43 Å². The lowest BCUT2D eigenvalue weighted by Gasteiger charge is -2.11. The molecule has 0 unspecified atom stereocenters. The Labute approximate surface area is 121 Å². The summed E-state index contributed by atoms with van der Waals surface area (Å²) >= 11 is 0. The van der Waals surface area contributed by atoms with Gasteiger partial charge in [0.05, 0.1) is 6.20 Å². The minimum atomic E-state index is -0.782. The second-order valence-electron chi connectivity index (χ2n) is 5.02. The van der Waals surface area contributed by atoms with Crippen molar-refractivity contribution in [2.75, 3.05) is 0 Å². The maximum absolute atomic E-state index is 5.88. The third-order valence-electron chi connectivity index (χ3n) is 2.74. The molecule has 2 aromatic rings. The van der Waals surface area contributed by atoms with E-state index in [2.05, 4.69) is 42.2 Å². The Morgan fingerprint density at radius 2 is 2.20 bits per heavy atom. The van der Waals surface area contributed by atoms with E-state index in [1.54, 1.807) is 4.68 Å². The molecule has 0 fully saturated rings. The van der Waals surface area contributed by atoms with Gasteiger partial charge in [-0.2, -0.15) is 5.10 Å². The van der Waals surface area contributed by atoms with Crippen molar-refractivity contribution in [3.63, 3.8) is 0 Å². The summed E-state index contributed by atoms with van der Waals surface area (Å²) < 4.78 is 7.68. The van der Waals surface area contributed by atoms with Gasteiger partial charge in [0, 0.05) is 25.9 Å². The number of hydrogen-bond acceptors (Lipinski definition) is 3. The first kappa shape index (κ1) is 14.5. The zero-order chi connectivity index (χ0) is 14.5. The summed E-state index contributed by atoms with van der Waals surface area (Å²) in [4.78, 5) is 4.55. The van der Waals surface area contributed by atoms with Gasteiger partial charge >= 0.3 is 0 Å². The summed E-state index contributed by atoms with van der Waals surface area (Å²) in [6.45, 7) is 6.30. The molecule has 0 saturated carbocycles. The standard InChI is InChI=1S/C15H20N3OSi/c1-12-5-6-15(19-20(3)4)14(9-12)16-8-7-13-10-17-18(2)11-13/h5-6,8-11H,7H2,1-4H3. The van der Waals surface area contributed by atoms with Gasteiger partial charge in [0.25, 0.3) is 9.04 Å². The fourth-order valence-corrected chi connectivity index (χ4v) is 2.47. The fourth-order valence-electron chi connectivity index (χ4n) is 1.86. The molecular formula is C15H20N3OSi. The molecular weight excluding hydrogens is 266 g/mol. The normalized spacial score (nSPS) is 11.4. The Morgan fingerprint density at radius 3 is 2.85 bits per heavy atom. The number of rotatable bonds is 5. The van der Waals surface area contributed by atoms with Crippen molar-refractivity contribution < 1.29 is 4.43 Å². The number of benzene rings is 1. The lowest BCUT2D eigenvalue weighted by atomic mass is 10.2. The molecule has 0 saturated heterocycles. The summed E-state index contributed by atoms with van der Waals surface area (Å²) in [6, 6.07) is 6.11. The second kappa shape index (κ2) is 6.52. The molecule has 20 heavy (non-hydrogen) atoms. The summed E-state index contributed by atoms with van der Waals surface area (Å²) in [6.07, 6.45) is 6.55. The highest BCUT2D eigenvalue weighted by Gasteiger charge is 2.06. The zero-order valence-electron chi connectivity index (χ0n) is 12.4. The highest BCUT2D eigenvalue weighted by molar-refractivity contribution is 6.49. The molecule has 4 nitrogen and oxygen atoms in total. The highest BCUT2D eigenvalue weighted by Crippen LogP contribution is 2.28. The Balaban J connectivity index is 2.12. The molecule has 0 aliphatic heterocycles. The van der Waals surface area contributed by atoms with Crippen LogP contribution in [-0.4, -0.2) is 25.0 Å². The van der Waals surface area contributed by atoms with Crippen LogP contribution in [-0.2, 0) is 13.5 Å². The molecule has 0 N–H and O–H groups in total. The van der Waals surface area contributed by atoms with Gasteiger partial charge in [0.2, 0.25) is 0 Å². The molecule has 1 radical (unpaired) electrons. The minimum Gasteiger partial charge on any atom is -0.541 e. The summed E-state index contributed by atoms with van der Waals surface area (Å²) in [5.74, 6) is 0.872. The number of aryl methyl sites for hydroxylation is 2. The van der Waals surface area contributed by atoms with Crippen LogP contribution < -0.4 is 4.43 Å². The lowest BCUT2D eigenvalue weighted by molar-refractivity contribution is 0.582. The molecule has 0 bridgehead atoms. The molecule has 1 heterocycles. The Morgan fingerprint density at radius 1 is 1.40 bits per heavy atom. The second-order valence-corrected chi connectivity index (χ2v) is 7.04. The summed E-state index contributed by atoms with van der Waals surface area (Å²) in [5, 5.41) is 4.15. The van der Waals surface area contributed by atoms with Gasteiger partial charge in [0.15, 0.2) is 0 Å². The third kappa shape index (κ3) is 4.06. The first-order valence-corrected chi connectivity index (χ1v) is 9.04. The van der Waals surface area contributed by atoms with Crippen LogP contribution in [0.15, 0.2) is 35.6 Å². The van der Waals surface area contributed by atoms with Crippen LogP contribution in [0.4, 0.5) is 5.69 Å². The van der Waals surface area contributed by atoms with Crippen molar-refractivity contribution in [3.8, 4) is 5.75 Å². The fraction of sp³-hybridized carbons (Fsp3) is 0.333. The lowest BCUT2D eigenvalue weighted by Crippen LogP contribution is -2.11. The van der Waals surface area contributed by atoms with Gasteiger partial charge in [-0.1, -0.05) is 6.07 Å². The quantitative estimate of drug-likeness (QED) is 0.625. The molecule has 105 valence electrons. The molecule has 5 heteroatoms. The van der Waals surface area contributed by atoms with Crippen LogP contribution in [0.25, 0.3) is 0 Å². The van der Waals surface area contributed by atoms with Gasteiger partial charge in [-0.15, -0.1) is 0 Å². The largest absolute Gasteiger partial charge is 0.541 e. The van der Waals surface area contributed by atoms with Crippen molar-refractivity contribution >= 4 is 20.9 Å². The molecule has 0 atom stereocenters. The first-order chi connectivity index (χ1) is 9.54. The van der Waals surface area contributed by atoms with Crippen molar-refractivity contribution in [1.82, 2.24) is 9.78 Å². The van der Waals surface area contributed by atoms with Crippen molar-refractivity contribution in [1.29, 1.82) is 0 Å². The maximum Gasteiger partial charge on any atom is 0.274 e. The molecule has 1 aromatic heterocycles. The molecule has 2 rings (SSSR count). The minimum absolute atomic E-state index is 0.775. The van der Waals surface area contributed by atoms with Gasteiger partial charge < -0.3 is 4.43 Å². The summed E-state index contributed by atoms with van der Waals surface area (Å²) in [7, 11) is 1.13. The van der Waals surface area contributed by atoms with Gasteiger partial charge in [0.1, 0.15) is 11.4 Å². The van der Waals surface area contributed by atoms with Crippen LogP contribution in [0.1, 0.15) is 11.1 Å². The SMILES string of the molecule is Cc1ccc(O[Si](C)C)c(N=CCc2cnn(C)c2)c1. The van der Waals surface area contributed by atoms with E-state index in [0.29, 0.717) is 0 Å². The molecule has 0 aliphatic rings. The number of aliphatic imine (C=N–C) groups is 1. The van der Waals surface area contributed by atoms with E-state index in [9.17, 15) is 0 Å². The average molecular weight is 286 g/mol. The Hall–Kier alpha value is -1.88. The van der Waals surface area contributed by atoms with E-state index in [-0.39, 0.29) is 0 Å². The number of hydrogen-bond donors (Lipinski definition) is 0. The molecule has 1 aromatic carbocycles. The molecule has 0 spiro atoms. The first-order valence-electron chi connectivity index (χ1n) is 6.63. The van der Waals surface area contributed by atoms with Crippen molar-refractivity contribution in [3.05, 3.63) is 41.7 Å². The van der Waals surface area contributed by atoms with Crippen LogP contribution in [0.2, 0.25) is 13.1 Å². The van der Waals surface area contributed by atoms with Crippen LogP contribution in [0, 0.1) is 6.92 Å². The topological polar surface area (TPSA) is 39.4 Å². The van der Waals surface area contributed by atoms with Gasteiger partial charge in [-0.05, 0) is 43.3 Å². The van der Waals surface area contributed by atoms with E-state index >= 15 is 0 Å². The third-order valence-corrected chi connectivity index (χ3v) is 3.37. The molecule has 0 aliphatic carbocycles. The number of nitrogens with zero attached hydrogens (tertiary/aromatic N) is 3. The monoisotopic (exact) mass is 286 g/mol. The highest BCUT2D eigenvalue weighted by atomic mass is 28.3. The van der Waals surface area contributed by atoms with Gasteiger partial charge in [-0.25, -0.2) is 0 Å². The smallest absolute Gasteiger partial charge is 0.274 e. The Kier molecular flexibility index (Phi) is 4.73. The van der Waals surface area contributed by atoms with Crippen molar-refractivity contribution in [2.24, 2.45) is 12.0 Å². The van der Waals surface area contributed by atoms with Crippen molar-refractivity contribution in [2.45, 2.75) is 26.4 Å². The van der Waals surface area contributed by atoms with E-state index < -0.39 is 9.04 Å². The summed E-state index contributed by atoms with van der Waals surface area (Å²) in [5.41, 5.74) is 3.24. The average Bonchev–Trinajstić information content (AvgIpc) is 2.78. The Bertz CT molecular complexity index is 605. The zero-order valence-corrected chi connectivity index (χ0v) is 13.4. The molecule has 0 amide bonds. The van der Waals surface area contributed by atoms with E-state index in [0.717, 1.165) is 23.4 Å². The van der Waals surface area contributed by atoms with E-state index in [1.807, 2.05) is 31.7 Å². The number of aromatic nitrogens is 2. The predicted molar refractivity (Wildman–Crippen MR) is 84.4 cm³/mol. The van der Waals surface area contributed by atoms with E-state index in [1.165, 1.54) is 5.56 Å². The predicted octanol–water partition coefficient (Wildman–Crippen LogP) is 3.30. The van der Waals surface area contributed by atoms with Crippen LogP contribution in [0.5, 0.6) is 5.75 Å². The maximum atomic E-state index is 5.88. The van der Waals surface area contributed by atoms with Gasteiger partial charge in [-0.3, -0.25) is 9.67 Å². The van der Waals surface area contributed by atoms with Crippen LogP contribution in [0.3, 0.4) is 0 Å². The van der Waals surface area contributed by atoms with Crippen LogP contribution >= 0.6 is 0 Å².